The molecule has 6 aliphatic carbocycles. The first-order valence-corrected chi connectivity index (χ1v) is 16.8. The minimum Gasteiger partial charge on any atom is -0.252 e. The zero-order valence-electron chi connectivity index (χ0n) is 25.9. The van der Waals surface area contributed by atoms with Gasteiger partial charge in [-0.25, -0.2) is 0 Å². The highest BCUT2D eigenvalue weighted by atomic mass is 14.8. The summed E-state index contributed by atoms with van der Waals surface area (Å²) in [5, 5.41) is 2.54. The van der Waals surface area contributed by atoms with Crippen molar-refractivity contribution in [2.45, 2.75) is 51.4 Å². The number of aliphatic imine (C=N–C) groups is 2. The molecule has 0 fully saturated rings. The molecule has 2 aliphatic heterocycles. The van der Waals surface area contributed by atoms with E-state index in [0.29, 0.717) is 0 Å². The van der Waals surface area contributed by atoms with E-state index in [9.17, 15) is 0 Å². The average Bonchev–Trinajstić information content (AvgIpc) is 3.93. The molecular weight excluding hydrogens is 556 g/mol. The number of rotatable bonds is 6. The molecular formula is C44H34N2. The summed E-state index contributed by atoms with van der Waals surface area (Å²) in [6.07, 6.45) is 40.0. The summed E-state index contributed by atoms with van der Waals surface area (Å²) >= 11 is 0. The zero-order valence-corrected chi connectivity index (χ0v) is 25.9. The Morgan fingerprint density at radius 2 is 0.717 bits per heavy atom. The van der Waals surface area contributed by atoms with Crippen LogP contribution in [0.2, 0.25) is 0 Å². The summed E-state index contributed by atoms with van der Waals surface area (Å²) in [6, 6.07) is 9.33. The summed E-state index contributed by atoms with van der Waals surface area (Å²) in [6.45, 7) is 0. The Labute approximate surface area is 270 Å². The van der Waals surface area contributed by atoms with E-state index >= 15 is 0 Å². The van der Waals surface area contributed by atoms with Gasteiger partial charge in [0, 0.05) is 24.3 Å². The second-order valence-electron chi connectivity index (χ2n) is 13.7. The fourth-order valence-corrected chi connectivity index (χ4v) is 8.20. The molecule has 2 aromatic rings. The maximum atomic E-state index is 5.17. The van der Waals surface area contributed by atoms with Crippen molar-refractivity contribution >= 4 is 33.6 Å². The van der Waals surface area contributed by atoms with Gasteiger partial charge in [0.2, 0.25) is 0 Å². The Morgan fingerprint density at radius 3 is 1.11 bits per heavy atom. The standard InChI is InChI=1S/C44H34N2/c1-2-6-27(5-1)29-9-11-31(17-29)33-13-15-35(19-33)41-25-39-21-37-24-44-40(22-38(37)23-43(39)45-41)26-42(46-44)36-16-14-34(20-36)32-12-10-30(18-32)28-7-3-4-8-28/h1-5,7,9-16,21-24H,6,8,17-20,25-26H2. The normalized spacial score (nSPS) is 22.2. The van der Waals surface area contributed by atoms with Crippen LogP contribution >= 0.6 is 0 Å². The second-order valence-corrected chi connectivity index (χ2v) is 13.7. The molecule has 46 heavy (non-hydrogen) atoms. The van der Waals surface area contributed by atoms with Crippen molar-refractivity contribution in [2.75, 3.05) is 0 Å². The summed E-state index contributed by atoms with van der Waals surface area (Å²) in [7, 11) is 0. The molecule has 220 valence electrons. The van der Waals surface area contributed by atoms with Crippen molar-refractivity contribution in [2.24, 2.45) is 9.98 Å². The van der Waals surface area contributed by atoms with E-state index in [1.165, 1.54) is 89.1 Å². The van der Waals surface area contributed by atoms with Crippen LogP contribution in [0.15, 0.2) is 175 Å². The first kappa shape index (κ1) is 26.2. The molecule has 2 nitrogen and oxygen atoms in total. The Morgan fingerprint density at radius 1 is 0.348 bits per heavy atom. The molecule has 0 aromatic heterocycles. The van der Waals surface area contributed by atoms with Gasteiger partial charge in [-0.1, -0.05) is 85.1 Å². The molecule has 0 saturated carbocycles. The quantitative estimate of drug-likeness (QED) is 0.320. The molecule has 0 radical (unpaired) electrons. The fraction of sp³-hybridized carbons (Fsp3) is 0.182. The van der Waals surface area contributed by atoms with Crippen molar-refractivity contribution in [3.05, 3.63) is 176 Å². The molecule has 10 rings (SSSR count). The number of hydrogen-bond acceptors (Lipinski definition) is 2. The largest absolute Gasteiger partial charge is 0.252 e. The lowest BCUT2D eigenvalue weighted by molar-refractivity contribution is 1.09. The lowest BCUT2D eigenvalue weighted by atomic mass is 9.94. The number of fused-ring (bicyclic) bond motifs is 3. The molecule has 0 amide bonds. The van der Waals surface area contributed by atoms with E-state index in [-0.39, 0.29) is 0 Å². The van der Waals surface area contributed by atoms with Crippen molar-refractivity contribution in [3.8, 4) is 0 Å². The molecule has 0 unspecified atom stereocenters. The van der Waals surface area contributed by atoms with Gasteiger partial charge in [0.15, 0.2) is 0 Å². The van der Waals surface area contributed by atoms with Crippen LogP contribution in [0.5, 0.6) is 0 Å². The van der Waals surface area contributed by atoms with Crippen molar-refractivity contribution in [3.63, 3.8) is 0 Å². The number of benzene rings is 2. The Kier molecular flexibility index (Phi) is 5.81. The second kappa shape index (κ2) is 10.2. The van der Waals surface area contributed by atoms with Gasteiger partial charge in [0.05, 0.1) is 11.4 Å². The van der Waals surface area contributed by atoms with Crippen LogP contribution in [0.3, 0.4) is 0 Å². The maximum absolute atomic E-state index is 5.17. The highest BCUT2D eigenvalue weighted by molar-refractivity contribution is 6.10. The minimum absolute atomic E-state index is 0.909. The first-order valence-electron chi connectivity index (χ1n) is 16.8. The highest BCUT2D eigenvalue weighted by Crippen LogP contribution is 2.43. The van der Waals surface area contributed by atoms with Crippen LogP contribution in [-0.4, -0.2) is 11.4 Å². The van der Waals surface area contributed by atoms with Gasteiger partial charge in [-0.15, -0.1) is 0 Å². The van der Waals surface area contributed by atoms with E-state index < -0.39 is 0 Å². The van der Waals surface area contributed by atoms with E-state index in [0.717, 1.165) is 62.7 Å². The zero-order chi connectivity index (χ0) is 30.2. The summed E-state index contributed by atoms with van der Waals surface area (Å²) in [5.41, 5.74) is 21.8. The average molecular weight is 591 g/mol. The van der Waals surface area contributed by atoms with Gasteiger partial charge in [0.25, 0.3) is 0 Å². The van der Waals surface area contributed by atoms with Crippen molar-refractivity contribution < 1.29 is 0 Å². The van der Waals surface area contributed by atoms with Gasteiger partial charge >= 0.3 is 0 Å². The summed E-state index contributed by atoms with van der Waals surface area (Å²) in [5.74, 6) is 0. The lowest BCUT2D eigenvalue weighted by Crippen LogP contribution is -2.02. The molecule has 8 aliphatic rings. The SMILES string of the molecule is C1=CCC(C2=CC=C(C3=CC=C(C4=Nc5cc6cc7c(cc6cc5C4)N=C(C4=CC=C(C5=CC=C(C6=CC=CC6)C5)C4)C7)C3)C2)=C1. The van der Waals surface area contributed by atoms with Crippen LogP contribution in [0, 0.1) is 0 Å². The monoisotopic (exact) mass is 590 g/mol. The summed E-state index contributed by atoms with van der Waals surface area (Å²) < 4.78 is 0. The topological polar surface area (TPSA) is 24.7 Å². The van der Waals surface area contributed by atoms with Gasteiger partial charge in [-0.3, -0.25) is 9.98 Å². The van der Waals surface area contributed by atoms with E-state index in [1.54, 1.807) is 0 Å². The van der Waals surface area contributed by atoms with E-state index in [1.807, 2.05) is 0 Å². The molecule has 0 spiro atoms. The number of allylic oxidation sites excluding steroid dienone is 24. The lowest BCUT2D eigenvalue weighted by Gasteiger charge is -2.09. The molecule has 0 saturated heterocycles. The smallest absolute Gasteiger partial charge is 0.0675 e. The first-order chi connectivity index (χ1) is 22.7. The fourth-order valence-electron chi connectivity index (χ4n) is 8.20. The third-order valence-corrected chi connectivity index (χ3v) is 10.9. The van der Waals surface area contributed by atoms with E-state index in [4.69, 9.17) is 9.98 Å². The molecule has 2 heterocycles. The van der Waals surface area contributed by atoms with Gasteiger partial charge < -0.3 is 0 Å². The predicted octanol–water partition coefficient (Wildman–Crippen LogP) is 10.9. The molecule has 2 aromatic carbocycles. The molecule has 2 heteroatoms. The third kappa shape index (κ3) is 4.39. The predicted molar refractivity (Wildman–Crippen MR) is 192 cm³/mol. The molecule has 0 N–H and O–H groups in total. The van der Waals surface area contributed by atoms with Gasteiger partial charge in [-0.05, 0) is 140 Å². The summed E-state index contributed by atoms with van der Waals surface area (Å²) in [4.78, 5) is 10.3. The van der Waals surface area contributed by atoms with Crippen LogP contribution < -0.4 is 0 Å². The Hall–Kier alpha value is -5.08. The number of nitrogens with zero attached hydrogens (tertiary/aromatic N) is 2. The van der Waals surface area contributed by atoms with Crippen molar-refractivity contribution in [1.29, 1.82) is 0 Å². The minimum atomic E-state index is 0.909. The Balaban J connectivity index is 0.797. The van der Waals surface area contributed by atoms with Crippen LogP contribution in [0.1, 0.15) is 49.7 Å². The number of hydrogen-bond donors (Lipinski definition) is 0. The maximum Gasteiger partial charge on any atom is 0.0675 e. The Bertz CT molecular complexity index is 2100. The van der Waals surface area contributed by atoms with E-state index in [2.05, 4.69) is 109 Å². The van der Waals surface area contributed by atoms with Crippen LogP contribution in [-0.2, 0) is 12.8 Å². The van der Waals surface area contributed by atoms with Crippen LogP contribution in [0.4, 0.5) is 11.4 Å². The van der Waals surface area contributed by atoms with Gasteiger partial charge in [0.1, 0.15) is 0 Å². The van der Waals surface area contributed by atoms with Gasteiger partial charge in [-0.2, -0.15) is 0 Å². The molecule has 0 atom stereocenters. The highest BCUT2D eigenvalue weighted by Gasteiger charge is 2.27. The third-order valence-electron chi connectivity index (χ3n) is 10.9. The molecule has 0 bridgehead atoms. The van der Waals surface area contributed by atoms with Crippen LogP contribution in [0.25, 0.3) is 10.8 Å². The van der Waals surface area contributed by atoms with Crippen molar-refractivity contribution in [1.82, 2.24) is 0 Å².